The smallest absolute Gasteiger partial charge is 0.241 e. The van der Waals surface area contributed by atoms with Crippen molar-refractivity contribution < 1.29 is 4.79 Å². The van der Waals surface area contributed by atoms with E-state index in [1.165, 1.54) is 17.2 Å². The Morgan fingerprint density at radius 2 is 2.21 bits per heavy atom. The van der Waals surface area contributed by atoms with Gasteiger partial charge in [0.05, 0.1) is 0 Å². The highest BCUT2D eigenvalue weighted by molar-refractivity contribution is 5.90. The third-order valence-electron chi connectivity index (χ3n) is 2.11. The molecule has 0 saturated carbocycles. The second kappa shape index (κ2) is 4.61. The van der Waals surface area contributed by atoms with Crippen LogP contribution in [0.25, 0.3) is 6.08 Å². The lowest BCUT2D eigenvalue weighted by molar-refractivity contribution is -0.113. The summed E-state index contributed by atoms with van der Waals surface area (Å²) in [5.41, 5.74) is 8.58. The average molecular weight is 189 g/mol. The van der Waals surface area contributed by atoms with Crippen molar-refractivity contribution in [2.24, 2.45) is 5.73 Å². The summed E-state index contributed by atoms with van der Waals surface area (Å²) < 4.78 is 0. The van der Waals surface area contributed by atoms with Crippen LogP contribution in [0.4, 0.5) is 0 Å². The predicted molar refractivity (Wildman–Crippen MR) is 58.8 cm³/mol. The maximum atomic E-state index is 10.6. The Labute approximate surface area is 84.4 Å². The Kier molecular flexibility index (Phi) is 3.46. The summed E-state index contributed by atoms with van der Waals surface area (Å²) in [6, 6.07) is 6.16. The first-order valence-corrected chi connectivity index (χ1v) is 4.70. The van der Waals surface area contributed by atoms with Gasteiger partial charge in [0.2, 0.25) is 5.91 Å². The van der Waals surface area contributed by atoms with Crippen molar-refractivity contribution in [2.75, 3.05) is 0 Å². The molecule has 74 valence electrons. The molecule has 0 bridgehead atoms. The van der Waals surface area contributed by atoms with E-state index >= 15 is 0 Å². The van der Waals surface area contributed by atoms with Crippen LogP contribution >= 0.6 is 0 Å². The van der Waals surface area contributed by atoms with Crippen molar-refractivity contribution in [3.8, 4) is 0 Å². The van der Waals surface area contributed by atoms with Crippen LogP contribution in [0, 0.1) is 6.92 Å². The van der Waals surface area contributed by atoms with Crippen molar-refractivity contribution in [2.45, 2.75) is 20.3 Å². The quantitative estimate of drug-likeness (QED) is 0.726. The van der Waals surface area contributed by atoms with Crippen LogP contribution in [0.5, 0.6) is 0 Å². The molecular weight excluding hydrogens is 174 g/mol. The molecule has 0 aromatic heterocycles. The number of hydrogen-bond acceptors (Lipinski definition) is 1. The van der Waals surface area contributed by atoms with Crippen LogP contribution in [0.1, 0.15) is 23.6 Å². The van der Waals surface area contributed by atoms with Crippen molar-refractivity contribution in [3.05, 3.63) is 41.0 Å². The van der Waals surface area contributed by atoms with Gasteiger partial charge in [0.1, 0.15) is 0 Å². The fraction of sp³-hybridized carbons (Fsp3) is 0.250. The van der Waals surface area contributed by atoms with Crippen LogP contribution in [0.2, 0.25) is 0 Å². The summed E-state index contributed by atoms with van der Waals surface area (Å²) in [7, 11) is 0. The zero-order chi connectivity index (χ0) is 10.6. The molecule has 0 aliphatic rings. The number of carbonyl (C=O) groups is 1. The molecule has 1 amide bonds. The molecule has 1 rings (SSSR count). The van der Waals surface area contributed by atoms with Gasteiger partial charge < -0.3 is 5.73 Å². The molecule has 2 nitrogen and oxygen atoms in total. The van der Waals surface area contributed by atoms with E-state index in [2.05, 4.69) is 19.9 Å². The van der Waals surface area contributed by atoms with E-state index in [4.69, 9.17) is 5.73 Å². The minimum atomic E-state index is -0.410. The summed E-state index contributed by atoms with van der Waals surface area (Å²) in [5.74, 6) is -0.410. The van der Waals surface area contributed by atoms with Gasteiger partial charge in [0.15, 0.2) is 0 Å². The highest BCUT2D eigenvalue weighted by atomic mass is 16.1. The van der Waals surface area contributed by atoms with Crippen molar-refractivity contribution in [1.82, 2.24) is 0 Å². The first-order valence-electron chi connectivity index (χ1n) is 4.70. The van der Waals surface area contributed by atoms with Gasteiger partial charge in [-0.15, -0.1) is 0 Å². The van der Waals surface area contributed by atoms with Gasteiger partial charge in [0.25, 0.3) is 0 Å². The van der Waals surface area contributed by atoms with E-state index in [9.17, 15) is 4.79 Å². The summed E-state index contributed by atoms with van der Waals surface area (Å²) in [5, 5.41) is 0. The average Bonchev–Trinajstić information content (AvgIpc) is 2.15. The molecule has 0 fully saturated rings. The summed E-state index contributed by atoms with van der Waals surface area (Å²) in [6.45, 7) is 4.15. The zero-order valence-corrected chi connectivity index (χ0v) is 8.58. The number of benzene rings is 1. The molecule has 1 aromatic carbocycles. The first kappa shape index (κ1) is 10.5. The lowest BCUT2D eigenvalue weighted by atomic mass is 10.0. The number of nitrogens with two attached hydrogens (primary N) is 1. The van der Waals surface area contributed by atoms with E-state index in [0.717, 1.165) is 12.0 Å². The lowest BCUT2D eigenvalue weighted by Gasteiger charge is -2.03. The van der Waals surface area contributed by atoms with Crippen molar-refractivity contribution in [3.63, 3.8) is 0 Å². The lowest BCUT2D eigenvalue weighted by Crippen LogP contribution is -2.05. The fourth-order valence-electron chi connectivity index (χ4n) is 1.38. The van der Waals surface area contributed by atoms with Gasteiger partial charge in [-0.25, -0.2) is 0 Å². The third kappa shape index (κ3) is 2.73. The molecule has 0 radical (unpaired) electrons. The number of aryl methyl sites for hydroxylation is 2. The molecule has 2 heteroatoms. The molecule has 0 heterocycles. The van der Waals surface area contributed by atoms with Gasteiger partial charge in [-0.1, -0.05) is 30.7 Å². The Morgan fingerprint density at radius 1 is 1.50 bits per heavy atom. The summed E-state index contributed by atoms with van der Waals surface area (Å²) in [4.78, 5) is 10.6. The molecule has 0 spiro atoms. The summed E-state index contributed by atoms with van der Waals surface area (Å²) in [6.07, 6.45) is 4.12. The van der Waals surface area contributed by atoms with E-state index in [1.54, 1.807) is 6.08 Å². The second-order valence-electron chi connectivity index (χ2n) is 3.29. The monoisotopic (exact) mass is 189 g/mol. The van der Waals surface area contributed by atoms with Crippen LogP contribution in [0.3, 0.4) is 0 Å². The zero-order valence-electron chi connectivity index (χ0n) is 8.58. The largest absolute Gasteiger partial charge is 0.366 e. The molecule has 0 unspecified atom stereocenters. The molecule has 0 atom stereocenters. The first-order chi connectivity index (χ1) is 6.63. The van der Waals surface area contributed by atoms with E-state index in [0.29, 0.717) is 0 Å². The molecule has 1 aromatic rings. The van der Waals surface area contributed by atoms with Gasteiger partial charge >= 0.3 is 0 Å². The Bertz CT molecular complexity index is 367. The number of hydrogen-bond donors (Lipinski definition) is 1. The highest BCUT2D eigenvalue weighted by Crippen LogP contribution is 2.13. The Morgan fingerprint density at radius 3 is 2.79 bits per heavy atom. The highest BCUT2D eigenvalue weighted by Gasteiger charge is 1.97. The molecule has 0 aliphatic carbocycles. The van der Waals surface area contributed by atoms with E-state index in [1.807, 2.05) is 12.1 Å². The number of amides is 1. The van der Waals surface area contributed by atoms with Gasteiger partial charge in [0, 0.05) is 6.08 Å². The second-order valence-corrected chi connectivity index (χ2v) is 3.29. The third-order valence-corrected chi connectivity index (χ3v) is 2.11. The fourth-order valence-corrected chi connectivity index (χ4v) is 1.38. The SMILES string of the molecule is CCc1cc(C)ccc1/C=C/C(N)=O. The minimum absolute atomic E-state index is 0.410. The van der Waals surface area contributed by atoms with Crippen molar-refractivity contribution in [1.29, 1.82) is 0 Å². The molecule has 14 heavy (non-hydrogen) atoms. The van der Waals surface area contributed by atoms with Gasteiger partial charge in [-0.3, -0.25) is 4.79 Å². The molecule has 0 saturated heterocycles. The number of rotatable bonds is 3. The maximum Gasteiger partial charge on any atom is 0.241 e. The predicted octanol–water partition coefficient (Wildman–Crippen LogP) is 2.06. The minimum Gasteiger partial charge on any atom is -0.366 e. The molecular formula is C12H15NO. The van der Waals surface area contributed by atoms with Crippen LogP contribution in [0.15, 0.2) is 24.3 Å². The number of primary amides is 1. The van der Waals surface area contributed by atoms with E-state index < -0.39 is 5.91 Å². The van der Waals surface area contributed by atoms with Crippen LogP contribution < -0.4 is 5.73 Å². The van der Waals surface area contributed by atoms with Crippen LogP contribution in [-0.4, -0.2) is 5.91 Å². The van der Waals surface area contributed by atoms with Gasteiger partial charge in [-0.05, 0) is 30.5 Å². The normalized spacial score (nSPS) is 10.7. The topological polar surface area (TPSA) is 43.1 Å². The standard InChI is InChI=1S/C12H15NO/c1-3-10-8-9(2)4-5-11(10)6-7-12(13)14/h4-8H,3H2,1-2H3,(H2,13,14)/b7-6+. The molecule has 0 aliphatic heterocycles. The van der Waals surface area contributed by atoms with Gasteiger partial charge in [-0.2, -0.15) is 0 Å². The summed E-state index contributed by atoms with van der Waals surface area (Å²) >= 11 is 0. The maximum absolute atomic E-state index is 10.6. The molecule has 2 N–H and O–H groups in total. The van der Waals surface area contributed by atoms with Crippen LogP contribution in [-0.2, 0) is 11.2 Å². The number of carbonyl (C=O) groups excluding carboxylic acids is 1. The Balaban J connectivity index is 3.02. The van der Waals surface area contributed by atoms with E-state index in [-0.39, 0.29) is 0 Å². The van der Waals surface area contributed by atoms with Crippen molar-refractivity contribution >= 4 is 12.0 Å². The Hall–Kier alpha value is -1.57.